The van der Waals surface area contributed by atoms with Crippen LogP contribution in [0, 0.1) is 0 Å². The molecule has 0 radical (unpaired) electrons. The number of aliphatic hydroxyl groups excluding tert-OH is 2. The summed E-state index contributed by atoms with van der Waals surface area (Å²) in [4.78, 5) is 11.3. The lowest BCUT2D eigenvalue weighted by Gasteiger charge is -2.36. The topological polar surface area (TPSA) is 89.1 Å². The first-order chi connectivity index (χ1) is 10.6. The van der Waals surface area contributed by atoms with Gasteiger partial charge in [0.15, 0.2) is 6.10 Å². The zero-order chi connectivity index (χ0) is 15.7. The molecule has 2 aromatic rings. The molecule has 3 rings (SSSR count). The normalized spacial score (nSPS) is 28.7. The number of fused-ring (bicyclic) bond motifs is 1. The molecular formula is C15H16O6S. The fourth-order valence-electron chi connectivity index (χ4n) is 2.37. The standard InChI is InChI=1S/C15H16O6S/c1-19-11-7-22-15(18)14(13(11)17)20-9-4-2-8-3-5-12(16)21-10(8)6-9/h2-6,11,13-15,17-18H,7H2,1H3/t11-,13+,14-,15-/m1/s1. The van der Waals surface area contributed by atoms with Crippen LogP contribution >= 0.6 is 11.8 Å². The lowest BCUT2D eigenvalue weighted by atomic mass is 10.1. The highest BCUT2D eigenvalue weighted by Crippen LogP contribution is 2.30. The Balaban J connectivity index is 1.86. The van der Waals surface area contributed by atoms with Crippen LogP contribution in [0.2, 0.25) is 0 Å². The average molecular weight is 324 g/mol. The first kappa shape index (κ1) is 15.4. The van der Waals surface area contributed by atoms with Gasteiger partial charge in [-0.1, -0.05) is 0 Å². The summed E-state index contributed by atoms with van der Waals surface area (Å²) in [6, 6.07) is 8.01. The summed E-state index contributed by atoms with van der Waals surface area (Å²) in [5, 5.41) is 21.0. The maximum absolute atomic E-state index is 11.3. The van der Waals surface area contributed by atoms with Gasteiger partial charge in [0.1, 0.15) is 22.9 Å². The van der Waals surface area contributed by atoms with Crippen molar-refractivity contribution in [2.45, 2.75) is 23.7 Å². The van der Waals surface area contributed by atoms with Crippen LogP contribution in [0.15, 0.2) is 39.5 Å². The highest BCUT2D eigenvalue weighted by atomic mass is 32.2. The maximum atomic E-state index is 11.3. The molecule has 1 aliphatic rings. The Morgan fingerprint density at radius 3 is 2.82 bits per heavy atom. The third kappa shape index (κ3) is 2.98. The van der Waals surface area contributed by atoms with E-state index >= 15 is 0 Å². The van der Waals surface area contributed by atoms with Gasteiger partial charge in [-0.3, -0.25) is 0 Å². The smallest absolute Gasteiger partial charge is 0.336 e. The van der Waals surface area contributed by atoms with Crippen LogP contribution in [0.5, 0.6) is 5.75 Å². The van der Waals surface area contributed by atoms with E-state index in [0.29, 0.717) is 17.1 Å². The van der Waals surface area contributed by atoms with E-state index in [2.05, 4.69) is 0 Å². The zero-order valence-electron chi connectivity index (χ0n) is 11.8. The van der Waals surface area contributed by atoms with Crippen molar-refractivity contribution in [3.8, 4) is 5.75 Å². The minimum absolute atomic E-state index is 0.390. The predicted molar refractivity (Wildman–Crippen MR) is 82.2 cm³/mol. The number of hydrogen-bond donors (Lipinski definition) is 2. The third-order valence-corrected chi connectivity index (χ3v) is 4.73. The van der Waals surface area contributed by atoms with Gasteiger partial charge in [0.05, 0.1) is 6.10 Å². The molecule has 22 heavy (non-hydrogen) atoms. The second kappa shape index (κ2) is 6.29. The lowest BCUT2D eigenvalue weighted by Crippen LogP contribution is -2.52. The molecule has 7 heteroatoms. The van der Waals surface area contributed by atoms with E-state index < -0.39 is 29.4 Å². The fourth-order valence-corrected chi connectivity index (χ4v) is 3.50. The second-order valence-corrected chi connectivity index (χ2v) is 6.17. The quantitative estimate of drug-likeness (QED) is 0.814. The van der Waals surface area contributed by atoms with Crippen LogP contribution in [-0.2, 0) is 4.74 Å². The first-order valence-electron chi connectivity index (χ1n) is 6.79. The molecule has 2 N–H and O–H groups in total. The van der Waals surface area contributed by atoms with Crippen LogP contribution < -0.4 is 10.4 Å². The molecule has 6 nitrogen and oxygen atoms in total. The van der Waals surface area contributed by atoms with Crippen molar-refractivity contribution >= 4 is 22.7 Å². The zero-order valence-corrected chi connectivity index (χ0v) is 12.7. The van der Waals surface area contributed by atoms with Gasteiger partial charge in [-0.25, -0.2) is 4.79 Å². The van der Waals surface area contributed by atoms with Crippen molar-refractivity contribution in [1.29, 1.82) is 0 Å². The van der Waals surface area contributed by atoms with E-state index in [0.717, 1.165) is 5.39 Å². The molecule has 1 aromatic heterocycles. The number of rotatable bonds is 3. The number of benzene rings is 1. The Morgan fingerprint density at radius 1 is 1.27 bits per heavy atom. The molecule has 0 unspecified atom stereocenters. The summed E-state index contributed by atoms with van der Waals surface area (Å²) in [7, 11) is 1.51. The van der Waals surface area contributed by atoms with E-state index in [-0.39, 0.29) is 0 Å². The fraction of sp³-hybridized carbons (Fsp3) is 0.400. The Kier molecular flexibility index (Phi) is 4.39. The largest absolute Gasteiger partial charge is 0.484 e. The van der Waals surface area contributed by atoms with Crippen LogP contribution in [0.3, 0.4) is 0 Å². The summed E-state index contributed by atoms with van der Waals surface area (Å²) in [6.07, 6.45) is -2.17. The molecule has 0 spiro atoms. The van der Waals surface area contributed by atoms with Gasteiger partial charge >= 0.3 is 5.63 Å². The monoisotopic (exact) mass is 324 g/mol. The summed E-state index contributed by atoms with van der Waals surface area (Å²) in [6.45, 7) is 0. The Labute approximate surface area is 130 Å². The Hall–Kier alpha value is -1.54. The van der Waals surface area contributed by atoms with Crippen molar-refractivity contribution in [2.24, 2.45) is 0 Å². The molecule has 1 saturated heterocycles. The molecule has 0 aliphatic carbocycles. The molecule has 1 fully saturated rings. The predicted octanol–water partition coefficient (Wildman–Crippen LogP) is 0.981. The van der Waals surface area contributed by atoms with Gasteiger partial charge in [0.25, 0.3) is 0 Å². The molecule has 1 aliphatic heterocycles. The number of ether oxygens (including phenoxy) is 2. The van der Waals surface area contributed by atoms with Gasteiger partial charge in [-0.05, 0) is 18.2 Å². The molecule has 4 atom stereocenters. The number of methoxy groups -OCH3 is 1. The van der Waals surface area contributed by atoms with Gasteiger partial charge in [-0.2, -0.15) is 0 Å². The maximum Gasteiger partial charge on any atom is 0.336 e. The minimum Gasteiger partial charge on any atom is -0.484 e. The lowest BCUT2D eigenvalue weighted by molar-refractivity contribution is -0.0847. The van der Waals surface area contributed by atoms with Crippen molar-refractivity contribution in [2.75, 3.05) is 12.9 Å². The van der Waals surface area contributed by atoms with Gasteiger partial charge in [0.2, 0.25) is 0 Å². The summed E-state index contributed by atoms with van der Waals surface area (Å²) >= 11 is 1.26. The Bertz CT molecular complexity index is 714. The molecule has 0 bridgehead atoms. The molecule has 0 saturated carbocycles. The molecule has 118 valence electrons. The van der Waals surface area contributed by atoms with Crippen molar-refractivity contribution in [3.63, 3.8) is 0 Å². The second-order valence-electron chi connectivity index (χ2n) is 5.03. The van der Waals surface area contributed by atoms with Crippen molar-refractivity contribution < 1.29 is 24.1 Å². The van der Waals surface area contributed by atoms with E-state index in [4.69, 9.17) is 13.9 Å². The molecule has 0 amide bonds. The van der Waals surface area contributed by atoms with Gasteiger partial charge in [0, 0.05) is 30.4 Å². The van der Waals surface area contributed by atoms with Crippen LogP contribution in [-0.4, -0.2) is 46.8 Å². The molecule has 1 aromatic carbocycles. The Morgan fingerprint density at radius 2 is 2.05 bits per heavy atom. The van der Waals surface area contributed by atoms with Crippen LogP contribution in [0.25, 0.3) is 11.0 Å². The van der Waals surface area contributed by atoms with E-state index in [1.807, 2.05) is 0 Å². The third-order valence-electron chi connectivity index (χ3n) is 3.60. The number of aliphatic hydroxyl groups is 2. The summed E-state index contributed by atoms with van der Waals surface area (Å²) < 4.78 is 16.0. The van der Waals surface area contributed by atoms with E-state index in [1.54, 1.807) is 24.3 Å². The molecular weight excluding hydrogens is 308 g/mol. The average Bonchev–Trinajstić information content (AvgIpc) is 2.51. The van der Waals surface area contributed by atoms with Crippen molar-refractivity contribution in [3.05, 3.63) is 40.8 Å². The summed E-state index contributed by atoms with van der Waals surface area (Å²) in [5.41, 5.74) is -0.919. The van der Waals surface area contributed by atoms with E-state index in [9.17, 15) is 15.0 Å². The van der Waals surface area contributed by atoms with Gasteiger partial charge < -0.3 is 24.1 Å². The summed E-state index contributed by atoms with van der Waals surface area (Å²) in [5.74, 6) is 0.896. The van der Waals surface area contributed by atoms with Crippen LogP contribution in [0.4, 0.5) is 0 Å². The molecule has 2 heterocycles. The van der Waals surface area contributed by atoms with Gasteiger partial charge in [-0.15, -0.1) is 11.8 Å². The van der Waals surface area contributed by atoms with Crippen molar-refractivity contribution in [1.82, 2.24) is 0 Å². The first-order valence-corrected chi connectivity index (χ1v) is 7.84. The highest BCUT2D eigenvalue weighted by molar-refractivity contribution is 7.99. The SMILES string of the molecule is CO[C@@H]1CS[C@@H](O)[C@H](Oc2ccc3ccc(=O)oc3c2)[C@H]1O. The number of thioether (sulfide) groups is 1. The highest BCUT2D eigenvalue weighted by Gasteiger charge is 2.40. The number of hydrogen-bond acceptors (Lipinski definition) is 7. The minimum atomic E-state index is -0.945. The van der Waals surface area contributed by atoms with E-state index in [1.165, 1.54) is 24.9 Å². The van der Waals surface area contributed by atoms with Crippen LogP contribution in [0.1, 0.15) is 0 Å².